The molecule has 0 aliphatic carbocycles. The van der Waals surface area contributed by atoms with Crippen LogP contribution in [0.4, 0.5) is 8.78 Å². The largest absolute Gasteiger partial charge is 0.496 e. The number of hydrogen-bond acceptors (Lipinski definition) is 2. The molecule has 1 rings (SSSR count). The fraction of sp³-hybridized carbons (Fsp3) is 0.364. The van der Waals surface area contributed by atoms with Gasteiger partial charge in [-0.3, -0.25) is 4.79 Å². The van der Waals surface area contributed by atoms with Crippen molar-refractivity contribution in [3.63, 3.8) is 0 Å². The molecule has 1 aromatic rings. The lowest BCUT2D eigenvalue weighted by atomic mass is 10.1. The molecule has 5 heteroatoms. The minimum absolute atomic E-state index is 0.0909. The van der Waals surface area contributed by atoms with E-state index < -0.39 is 11.3 Å². The molecule has 0 N–H and O–H groups in total. The highest BCUT2D eigenvalue weighted by atomic mass is 79.9. The van der Waals surface area contributed by atoms with Crippen molar-refractivity contribution in [1.82, 2.24) is 0 Å². The van der Waals surface area contributed by atoms with Crippen LogP contribution in [-0.4, -0.2) is 12.9 Å². The fourth-order valence-corrected chi connectivity index (χ4v) is 1.59. The number of benzene rings is 1. The quantitative estimate of drug-likeness (QED) is 0.792. The Morgan fingerprint density at radius 3 is 2.50 bits per heavy atom. The maximum absolute atomic E-state index is 12.5. The van der Waals surface area contributed by atoms with Gasteiger partial charge in [0, 0.05) is 0 Å². The molecule has 1 aromatic carbocycles. The smallest absolute Gasteiger partial charge is 0.267 e. The summed E-state index contributed by atoms with van der Waals surface area (Å²) in [5.74, 6) is 0.00468. The van der Waals surface area contributed by atoms with E-state index >= 15 is 0 Å². The zero-order valence-electron chi connectivity index (χ0n) is 8.84. The summed E-state index contributed by atoms with van der Waals surface area (Å²) >= 11 is 3.18. The Kier molecular flexibility index (Phi) is 4.41. The zero-order valence-corrected chi connectivity index (χ0v) is 10.4. The van der Waals surface area contributed by atoms with Crippen LogP contribution < -0.4 is 4.74 Å². The van der Waals surface area contributed by atoms with Crippen LogP contribution in [0.3, 0.4) is 0 Å². The second kappa shape index (κ2) is 5.39. The summed E-state index contributed by atoms with van der Waals surface area (Å²) in [5, 5.41) is 0. The second-order valence-electron chi connectivity index (χ2n) is 3.28. The lowest BCUT2D eigenvalue weighted by molar-refractivity contribution is -0.116. The highest BCUT2D eigenvalue weighted by Gasteiger charge is 2.18. The Morgan fingerprint density at radius 1 is 1.44 bits per heavy atom. The van der Waals surface area contributed by atoms with Crippen molar-refractivity contribution in [2.75, 3.05) is 7.11 Å². The first kappa shape index (κ1) is 13.1. The SMILES string of the molecule is COc1cc(C(Br)C(C)=O)ccc1C(F)F. The van der Waals surface area contributed by atoms with Gasteiger partial charge in [0.2, 0.25) is 0 Å². The van der Waals surface area contributed by atoms with Crippen LogP contribution in [0.5, 0.6) is 5.75 Å². The van der Waals surface area contributed by atoms with Gasteiger partial charge < -0.3 is 4.74 Å². The number of Topliss-reactive ketones (excluding diaryl/α,β-unsaturated/α-hetero) is 1. The molecule has 1 unspecified atom stereocenters. The molecule has 88 valence electrons. The van der Waals surface area contributed by atoms with Crippen molar-refractivity contribution in [3.05, 3.63) is 29.3 Å². The van der Waals surface area contributed by atoms with E-state index in [-0.39, 0.29) is 17.1 Å². The van der Waals surface area contributed by atoms with E-state index in [1.54, 1.807) is 0 Å². The average molecular weight is 293 g/mol. The number of methoxy groups -OCH3 is 1. The summed E-state index contributed by atoms with van der Waals surface area (Å²) in [7, 11) is 1.32. The van der Waals surface area contributed by atoms with Crippen LogP contribution in [0.1, 0.15) is 29.3 Å². The Morgan fingerprint density at radius 2 is 2.06 bits per heavy atom. The van der Waals surface area contributed by atoms with Crippen LogP contribution >= 0.6 is 15.9 Å². The van der Waals surface area contributed by atoms with Crippen molar-refractivity contribution < 1.29 is 18.3 Å². The summed E-state index contributed by atoms with van der Waals surface area (Å²) in [4.78, 5) is 10.6. The Hall–Kier alpha value is -0.970. The molecule has 0 aliphatic rings. The number of hydrogen-bond donors (Lipinski definition) is 0. The van der Waals surface area contributed by atoms with Crippen molar-refractivity contribution in [1.29, 1.82) is 0 Å². The van der Waals surface area contributed by atoms with Gasteiger partial charge in [-0.15, -0.1) is 0 Å². The molecule has 0 saturated carbocycles. The summed E-state index contributed by atoms with van der Waals surface area (Å²) in [6.07, 6.45) is -2.59. The Balaban J connectivity index is 3.13. The molecule has 0 radical (unpaired) electrons. The van der Waals surface area contributed by atoms with E-state index in [4.69, 9.17) is 4.74 Å². The number of alkyl halides is 3. The third-order valence-electron chi connectivity index (χ3n) is 2.14. The average Bonchev–Trinajstić information content (AvgIpc) is 2.26. The normalized spacial score (nSPS) is 12.6. The highest BCUT2D eigenvalue weighted by molar-refractivity contribution is 9.09. The molecular weight excluding hydrogens is 282 g/mol. The monoisotopic (exact) mass is 292 g/mol. The second-order valence-corrected chi connectivity index (χ2v) is 4.19. The van der Waals surface area contributed by atoms with E-state index in [9.17, 15) is 13.6 Å². The van der Waals surface area contributed by atoms with Crippen LogP contribution in [-0.2, 0) is 4.79 Å². The molecule has 0 saturated heterocycles. The number of carbonyl (C=O) groups is 1. The third-order valence-corrected chi connectivity index (χ3v) is 3.32. The van der Waals surface area contributed by atoms with Crippen LogP contribution in [0.15, 0.2) is 18.2 Å². The molecule has 0 aromatic heterocycles. The van der Waals surface area contributed by atoms with Crippen molar-refractivity contribution >= 4 is 21.7 Å². The van der Waals surface area contributed by atoms with E-state index in [1.165, 1.54) is 32.2 Å². The van der Waals surface area contributed by atoms with Gasteiger partial charge in [-0.2, -0.15) is 0 Å². The van der Waals surface area contributed by atoms with Gasteiger partial charge in [-0.05, 0) is 24.6 Å². The minimum Gasteiger partial charge on any atom is -0.496 e. The van der Waals surface area contributed by atoms with Gasteiger partial charge in [0.15, 0.2) is 0 Å². The molecule has 0 heterocycles. The molecule has 0 fully saturated rings. The molecule has 16 heavy (non-hydrogen) atoms. The molecule has 0 amide bonds. The Labute approximate surface area is 101 Å². The van der Waals surface area contributed by atoms with Gasteiger partial charge >= 0.3 is 0 Å². The predicted octanol–water partition coefficient (Wildman–Crippen LogP) is 3.66. The molecule has 0 bridgehead atoms. The van der Waals surface area contributed by atoms with Gasteiger partial charge in [0.05, 0.1) is 17.5 Å². The molecular formula is C11H11BrF2O2. The number of halogens is 3. The summed E-state index contributed by atoms with van der Waals surface area (Å²) in [6, 6.07) is 4.21. The van der Waals surface area contributed by atoms with Gasteiger partial charge in [0.25, 0.3) is 6.43 Å². The number of carbonyl (C=O) groups excluding carboxylic acids is 1. The molecule has 0 spiro atoms. The van der Waals surface area contributed by atoms with Crippen molar-refractivity contribution in [3.8, 4) is 5.75 Å². The maximum atomic E-state index is 12.5. The van der Waals surface area contributed by atoms with Gasteiger partial charge in [-0.1, -0.05) is 22.0 Å². The standard InChI is InChI=1S/C11H11BrF2O2/c1-6(15)10(12)7-3-4-8(11(13)14)9(5-7)16-2/h3-5,10-11H,1-2H3. The molecule has 2 nitrogen and oxygen atoms in total. The van der Waals surface area contributed by atoms with Gasteiger partial charge in [-0.25, -0.2) is 8.78 Å². The van der Waals surface area contributed by atoms with Crippen LogP contribution in [0.2, 0.25) is 0 Å². The Bertz CT molecular complexity index is 394. The van der Waals surface area contributed by atoms with Crippen molar-refractivity contribution in [2.45, 2.75) is 18.2 Å². The van der Waals surface area contributed by atoms with E-state index in [0.29, 0.717) is 5.56 Å². The maximum Gasteiger partial charge on any atom is 0.267 e. The third kappa shape index (κ3) is 2.78. The van der Waals surface area contributed by atoms with E-state index in [2.05, 4.69) is 15.9 Å². The molecule has 1 atom stereocenters. The van der Waals surface area contributed by atoms with Crippen LogP contribution in [0, 0.1) is 0 Å². The lowest BCUT2D eigenvalue weighted by Crippen LogP contribution is -2.02. The predicted molar refractivity (Wildman–Crippen MR) is 60.3 cm³/mol. The van der Waals surface area contributed by atoms with Gasteiger partial charge in [0.1, 0.15) is 11.5 Å². The van der Waals surface area contributed by atoms with Crippen LogP contribution in [0.25, 0.3) is 0 Å². The van der Waals surface area contributed by atoms with E-state index in [1.807, 2.05) is 0 Å². The van der Waals surface area contributed by atoms with E-state index in [0.717, 1.165) is 0 Å². The number of ether oxygens (including phenoxy) is 1. The topological polar surface area (TPSA) is 26.3 Å². The number of ketones is 1. The molecule has 0 aliphatic heterocycles. The highest BCUT2D eigenvalue weighted by Crippen LogP contribution is 2.33. The van der Waals surface area contributed by atoms with Crippen molar-refractivity contribution in [2.24, 2.45) is 0 Å². The summed E-state index contributed by atoms with van der Waals surface area (Å²) in [5.41, 5.74) is 0.434. The summed E-state index contributed by atoms with van der Waals surface area (Å²) < 4.78 is 30.0. The first-order chi connectivity index (χ1) is 7.47. The lowest BCUT2D eigenvalue weighted by Gasteiger charge is -2.12. The fourth-order valence-electron chi connectivity index (χ4n) is 1.30. The first-order valence-corrected chi connectivity index (χ1v) is 5.49. The first-order valence-electron chi connectivity index (χ1n) is 4.58. The summed E-state index contributed by atoms with van der Waals surface area (Å²) in [6.45, 7) is 1.42. The number of rotatable bonds is 4. The zero-order chi connectivity index (χ0) is 12.3. The minimum atomic E-state index is -2.59.